The van der Waals surface area contributed by atoms with Crippen molar-refractivity contribution in [1.29, 1.82) is 0 Å². The summed E-state index contributed by atoms with van der Waals surface area (Å²) in [5.74, 6) is -2.35. The van der Waals surface area contributed by atoms with Crippen molar-refractivity contribution >= 4 is 15.9 Å². The van der Waals surface area contributed by atoms with Gasteiger partial charge in [-0.05, 0) is 23.8 Å². The number of aliphatic hydroxyl groups excluding tert-OH is 1. The molecule has 2 N–H and O–H groups in total. The molecule has 8 nitrogen and oxygen atoms in total. The summed E-state index contributed by atoms with van der Waals surface area (Å²) in [5.41, 5.74) is 0.838. The number of fused-ring (bicyclic) bond motifs is 4. The first-order valence-electron chi connectivity index (χ1n) is 9.53. The van der Waals surface area contributed by atoms with E-state index in [-0.39, 0.29) is 24.5 Å². The van der Waals surface area contributed by atoms with Gasteiger partial charge in [0, 0.05) is 43.4 Å². The Morgan fingerprint density at radius 1 is 1.23 bits per heavy atom. The third-order valence-electron chi connectivity index (χ3n) is 5.93. The lowest BCUT2D eigenvalue weighted by Crippen LogP contribution is -2.48. The number of benzene rings is 1. The molecule has 2 bridgehead atoms. The van der Waals surface area contributed by atoms with Crippen molar-refractivity contribution in [2.24, 2.45) is 11.8 Å². The molecule has 0 radical (unpaired) electrons. The van der Waals surface area contributed by atoms with Crippen LogP contribution in [0.5, 0.6) is 0 Å². The number of carbonyl (C=O) groups is 1. The standard InChI is InChI=1S/C20H22FN3O5S/c1-30(28,29)24-16-10-23-15(3-2-4-17(23)26)19(24)18(14(16)11-25)20(27)22-9-12-5-7-13(21)8-6-12/h2-8,14,16,18-19,25H,9-11H2,1H3,(H,22,27)/t14-,16-,18+,19+/m1/s1. The molecule has 0 aliphatic carbocycles. The molecule has 1 saturated heterocycles. The van der Waals surface area contributed by atoms with Crippen LogP contribution in [0.2, 0.25) is 0 Å². The molecule has 0 unspecified atom stereocenters. The first-order chi connectivity index (χ1) is 14.2. The van der Waals surface area contributed by atoms with E-state index in [4.69, 9.17) is 0 Å². The van der Waals surface area contributed by atoms with E-state index in [2.05, 4.69) is 5.32 Å². The van der Waals surface area contributed by atoms with Crippen molar-refractivity contribution in [3.8, 4) is 0 Å². The van der Waals surface area contributed by atoms with Crippen LogP contribution < -0.4 is 10.9 Å². The maximum atomic E-state index is 13.2. The Morgan fingerprint density at radius 3 is 2.57 bits per heavy atom. The molecule has 1 amide bonds. The number of nitrogens with one attached hydrogen (secondary N) is 1. The molecular weight excluding hydrogens is 413 g/mol. The SMILES string of the molecule is CS(=O)(=O)N1[C@@H]2Cn3c(cccc3=O)[C@H]1[C@@H](C(=O)NCc1ccc(F)cc1)[C@@H]2CO. The van der Waals surface area contributed by atoms with E-state index < -0.39 is 46.5 Å². The van der Waals surface area contributed by atoms with Crippen molar-refractivity contribution in [3.05, 3.63) is 69.9 Å². The van der Waals surface area contributed by atoms with Crippen molar-refractivity contribution < 1.29 is 22.7 Å². The van der Waals surface area contributed by atoms with Crippen molar-refractivity contribution in [3.63, 3.8) is 0 Å². The fourth-order valence-corrected chi connectivity index (χ4v) is 6.04. The number of aliphatic hydroxyl groups is 1. The number of nitrogens with zero attached hydrogens (tertiary/aromatic N) is 2. The Balaban J connectivity index is 1.71. The van der Waals surface area contributed by atoms with Crippen molar-refractivity contribution in [2.45, 2.75) is 25.2 Å². The second kappa shape index (κ2) is 7.60. The maximum Gasteiger partial charge on any atom is 0.250 e. The zero-order valence-corrected chi connectivity index (χ0v) is 17.0. The van der Waals surface area contributed by atoms with Gasteiger partial charge in [-0.3, -0.25) is 9.59 Å². The fraction of sp³-hybridized carbons (Fsp3) is 0.400. The van der Waals surface area contributed by atoms with Gasteiger partial charge in [-0.25, -0.2) is 12.8 Å². The molecule has 10 heteroatoms. The Bertz CT molecular complexity index is 1130. The minimum absolute atomic E-state index is 0.0749. The second-order valence-electron chi connectivity index (χ2n) is 7.72. The molecule has 3 heterocycles. The smallest absolute Gasteiger partial charge is 0.250 e. The summed E-state index contributed by atoms with van der Waals surface area (Å²) in [7, 11) is -3.71. The summed E-state index contributed by atoms with van der Waals surface area (Å²) >= 11 is 0. The zero-order chi connectivity index (χ0) is 21.6. The number of amides is 1. The minimum atomic E-state index is -3.71. The van der Waals surface area contributed by atoms with Crippen molar-refractivity contribution in [1.82, 2.24) is 14.2 Å². The highest BCUT2D eigenvalue weighted by molar-refractivity contribution is 7.88. The van der Waals surface area contributed by atoms with Crippen LogP contribution in [0, 0.1) is 17.7 Å². The Kier molecular flexibility index (Phi) is 5.25. The van der Waals surface area contributed by atoms with E-state index in [1.165, 1.54) is 33.1 Å². The maximum absolute atomic E-state index is 13.2. The molecule has 2 aliphatic heterocycles. The first-order valence-corrected chi connectivity index (χ1v) is 11.4. The summed E-state index contributed by atoms with van der Waals surface area (Å²) < 4.78 is 41.0. The fourth-order valence-electron chi connectivity index (χ4n) is 4.67. The summed E-state index contributed by atoms with van der Waals surface area (Å²) in [6, 6.07) is 8.63. The number of aromatic nitrogens is 1. The van der Waals surface area contributed by atoms with Gasteiger partial charge in [0.2, 0.25) is 15.9 Å². The largest absolute Gasteiger partial charge is 0.396 e. The topological polar surface area (TPSA) is 109 Å². The lowest BCUT2D eigenvalue weighted by Gasteiger charge is -2.36. The van der Waals surface area contributed by atoms with Gasteiger partial charge in [0.05, 0.1) is 18.2 Å². The Labute approximate surface area is 173 Å². The molecule has 1 aromatic heterocycles. The van der Waals surface area contributed by atoms with Crippen LogP contribution in [0.1, 0.15) is 17.3 Å². The number of rotatable bonds is 5. The number of hydrogen-bond donors (Lipinski definition) is 2. The van der Waals surface area contributed by atoms with Crippen LogP contribution in [0.3, 0.4) is 0 Å². The Morgan fingerprint density at radius 2 is 1.93 bits per heavy atom. The molecule has 0 saturated carbocycles. The van der Waals surface area contributed by atoms with Gasteiger partial charge in [-0.1, -0.05) is 18.2 Å². The molecule has 30 heavy (non-hydrogen) atoms. The highest BCUT2D eigenvalue weighted by atomic mass is 32.2. The zero-order valence-electron chi connectivity index (χ0n) is 16.2. The molecule has 4 atom stereocenters. The summed E-state index contributed by atoms with van der Waals surface area (Å²) in [6.07, 6.45) is 1.07. The third kappa shape index (κ3) is 3.44. The molecule has 4 rings (SSSR count). The molecule has 2 aliphatic rings. The second-order valence-corrected chi connectivity index (χ2v) is 9.61. The molecule has 0 spiro atoms. The van der Waals surface area contributed by atoms with Gasteiger partial charge < -0.3 is 15.0 Å². The third-order valence-corrected chi connectivity index (χ3v) is 7.19. The van der Waals surface area contributed by atoms with E-state index in [9.17, 15) is 27.5 Å². The molecule has 1 aromatic carbocycles. The monoisotopic (exact) mass is 435 g/mol. The number of sulfonamides is 1. The highest BCUT2D eigenvalue weighted by Gasteiger charge is 2.58. The van der Waals surface area contributed by atoms with Gasteiger partial charge in [0.15, 0.2) is 0 Å². The van der Waals surface area contributed by atoms with Crippen LogP contribution in [0.25, 0.3) is 0 Å². The van der Waals surface area contributed by atoms with Crippen LogP contribution in [-0.4, -0.2) is 47.2 Å². The first kappa shape index (κ1) is 20.7. The van der Waals surface area contributed by atoms with Gasteiger partial charge in [-0.15, -0.1) is 0 Å². The molecule has 160 valence electrons. The van der Waals surface area contributed by atoms with E-state index >= 15 is 0 Å². The lowest BCUT2D eigenvalue weighted by atomic mass is 9.86. The summed E-state index contributed by atoms with van der Waals surface area (Å²) in [6.45, 7) is -0.193. The number of hydrogen-bond acceptors (Lipinski definition) is 5. The van der Waals surface area contributed by atoms with Gasteiger partial charge in [-0.2, -0.15) is 4.31 Å². The number of carbonyl (C=O) groups excluding carboxylic acids is 1. The quantitative estimate of drug-likeness (QED) is 0.699. The minimum Gasteiger partial charge on any atom is -0.396 e. The average Bonchev–Trinajstić information content (AvgIpc) is 2.96. The van der Waals surface area contributed by atoms with Gasteiger partial charge >= 0.3 is 0 Å². The summed E-state index contributed by atoms with van der Waals surface area (Å²) in [5, 5.41) is 12.8. The molecule has 2 aromatic rings. The molecule has 1 fully saturated rings. The van der Waals surface area contributed by atoms with E-state index in [1.54, 1.807) is 18.2 Å². The van der Waals surface area contributed by atoms with Crippen LogP contribution in [-0.2, 0) is 27.9 Å². The summed E-state index contributed by atoms with van der Waals surface area (Å²) in [4.78, 5) is 25.5. The predicted octanol–water partition coefficient (Wildman–Crippen LogP) is 0.227. The van der Waals surface area contributed by atoms with Gasteiger partial charge in [0.25, 0.3) is 5.56 Å². The normalized spacial score (nSPS) is 25.7. The van der Waals surface area contributed by atoms with E-state index in [0.29, 0.717) is 11.3 Å². The predicted molar refractivity (Wildman–Crippen MR) is 106 cm³/mol. The lowest BCUT2D eigenvalue weighted by molar-refractivity contribution is -0.127. The van der Waals surface area contributed by atoms with Crippen LogP contribution in [0.4, 0.5) is 4.39 Å². The number of halogens is 1. The average molecular weight is 435 g/mol. The van der Waals surface area contributed by atoms with E-state index in [1.807, 2.05) is 0 Å². The van der Waals surface area contributed by atoms with E-state index in [0.717, 1.165) is 6.26 Å². The Hall–Kier alpha value is -2.56. The highest BCUT2D eigenvalue weighted by Crippen LogP contribution is 2.49. The molecular formula is C20H22FN3O5S. The van der Waals surface area contributed by atoms with Gasteiger partial charge in [0.1, 0.15) is 5.82 Å². The van der Waals surface area contributed by atoms with Crippen LogP contribution >= 0.6 is 0 Å². The van der Waals surface area contributed by atoms with Crippen LogP contribution in [0.15, 0.2) is 47.3 Å². The number of pyridine rings is 1. The van der Waals surface area contributed by atoms with Crippen molar-refractivity contribution in [2.75, 3.05) is 12.9 Å².